The highest BCUT2D eigenvalue weighted by atomic mass is 32.2. The second kappa shape index (κ2) is 4.21. The van der Waals surface area contributed by atoms with Gasteiger partial charge in [-0.1, -0.05) is 25.6 Å². The molecule has 0 spiro atoms. The maximum absolute atomic E-state index is 11.2. The van der Waals surface area contributed by atoms with E-state index >= 15 is 0 Å². The van der Waals surface area contributed by atoms with Gasteiger partial charge in [-0.25, -0.2) is 3.71 Å². The summed E-state index contributed by atoms with van der Waals surface area (Å²) in [7, 11) is 0. The first-order chi connectivity index (χ1) is 6.15. The molecule has 0 aliphatic rings. The summed E-state index contributed by atoms with van der Waals surface area (Å²) in [6, 6.07) is 8.21. The quantitative estimate of drug-likeness (QED) is 0.693. The van der Waals surface area contributed by atoms with Crippen molar-refractivity contribution in [2.45, 2.75) is 0 Å². The van der Waals surface area contributed by atoms with Crippen molar-refractivity contribution in [3.05, 3.63) is 35.4 Å². The highest BCUT2D eigenvalue weighted by Crippen LogP contribution is 2.09. The Balaban J connectivity index is 2.94. The molecular formula is C8H6N2OS2. The lowest BCUT2D eigenvalue weighted by atomic mass is 10.1. The van der Waals surface area contributed by atoms with Crippen molar-refractivity contribution in [1.82, 2.24) is 3.71 Å². The second-order valence-electron chi connectivity index (χ2n) is 2.28. The molecule has 0 radical (unpaired) electrons. The number of carbonyl (C=O) groups is 1. The largest absolute Gasteiger partial charge is 0.273 e. The predicted octanol–water partition coefficient (Wildman–Crippen LogP) is 1.69. The van der Waals surface area contributed by atoms with Crippen LogP contribution in [-0.4, -0.2) is 9.62 Å². The number of thiol groups is 2. The lowest BCUT2D eigenvalue weighted by Gasteiger charge is -2.06. The van der Waals surface area contributed by atoms with Crippen LogP contribution < -0.4 is 0 Å². The summed E-state index contributed by atoms with van der Waals surface area (Å²) in [5.41, 5.74) is 0.963. The number of amides is 1. The first kappa shape index (κ1) is 9.96. The van der Waals surface area contributed by atoms with E-state index in [9.17, 15) is 4.79 Å². The summed E-state index contributed by atoms with van der Waals surface area (Å²) in [6.07, 6.45) is 0. The van der Waals surface area contributed by atoms with Gasteiger partial charge in [0, 0.05) is 5.56 Å². The first-order valence-electron chi connectivity index (χ1n) is 3.37. The van der Waals surface area contributed by atoms with E-state index in [4.69, 9.17) is 5.26 Å². The van der Waals surface area contributed by atoms with Gasteiger partial charge in [-0.05, 0) is 24.3 Å². The van der Waals surface area contributed by atoms with Crippen LogP contribution in [0.25, 0.3) is 0 Å². The molecule has 5 heteroatoms. The fourth-order valence-corrected chi connectivity index (χ4v) is 1.03. The summed E-state index contributed by atoms with van der Waals surface area (Å²) >= 11 is 7.47. The fraction of sp³-hybridized carbons (Fsp3) is 0. The van der Waals surface area contributed by atoms with Gasteiger partial charge in [-0.15, -0.1) is 0 Å². The lowest BCUT2D eigenvalue weighted by Crippen LogP contribution is -2.11. The summed E-state index contributed by atoms with van der Waals surface area (Å²) in [4.78, 5) is 11.2. The van der Waals surface area contributed by atoms with Crippen molar-refractivity contribution in [3.8, 4) is 6.07 Å². The minimum absolute atomic E-state index is 0.323. The number of benzene rings is 1. The molecule has 0 N–H and O–H groups in total. The number of nitriles is 1. The van der Waals surface area contributed by atoms with Gasteiger partial charge in [-0.3, -0.25) is 4.79 Å². The van der Waals surface area contributed by atoms with E-state index in [1.165, 1.54) is 0 Å². The van der Waals surface area contributed by atoms with Crippen LogP contribution in [0, 0.1) is 11.3 Å². The molecule has 0 bridgehead atoms. The third-order valence-electron chi connectivity index (χ3n) is 1.44. The Morgan fingerprint density at radius 3 is 2.23 bits per heavy atom. The highest BCUT2D eigenvalue weighted by molar-refractivity contribution is 7.94. The van der Waals surface area contributed by atoms with Crippen LogP contribution in [0.15, 0.2) is 24.3 Å². The molecule has 3 nitrogen and oxygen atoms in total. The molecule has 66 valence electrons. The van der Waals surface area contributed by atoms with Crippen LogP contribution in [0.2, 0.25) is 0 Å². The highest BCUT2D eigenvalue weighted by Gasteiger charge is 2.08. The van der Waals surface area contributed by atoms with Crippen molar-refractivity contribution < 1.29 is 4.79 Å². The first-order valence-corrected chi connectivity index (χ1v) is 4.17. The maximum Gasteiger partial charge on any atom is 0.273 e. The van der Waals surface area contributed by atoms with Gasteiger partial charge in [0.15, 0.2) is 0 Å². The van der Waals surface area contributed by atoms with Gasteiger partial charge in [0.25, 0.3) is 5.91 Å². The standard InChI is InChI=1S/C8H6N2OS2/c9-5-6-1-3-7(4-2-6)8(11)10(12)13/h1-4,12-13H. The average molecular weight is 210 g/mol. The molecule has 0 fully saturated rings. The molecule has 1 aromatic rings. The SMILES string of the molecule is N#Cc1ccc(C(=O)N(S)S)cc1. The van der Waals surface area contributed by atoms with Gasteiger partial charge in [-0.2, -0.15) is 5.26 Å². The Kier molecular flexibility index (Phi) is 3.23. The van der Waals surface area contributed by atoms with Crippen LogP contribution in [0.1, 0.15) is 15.9 Å². The lowest BCUT2D eigenvalue weighted by molar-refractivity contribution is 0.0936. The summed E-state index contributed by atoms with van der Waals surface area (Å²) in [6.45, 7) is 0. The number of hydrogen-bond acceptors (Lipinski definition) is 4. The van der Waals surface area contributed by atoms with Crippen LogP contribution in [0.3, 0.4) is 0 Å². The number of nitrogens with zero attached hydrogens (tertiary/aromatic N) is 2. The molecule has 0 aliphatic carbocycles. The minimum Gasteiger partial charge on any atom is -0.267 e. The van der Waals surface area contributed by atoms with Gasteiger partial charge in [0.05, 0.1) is 11.6 Å². The molecular weight excluding hydrogens is 204 g/mol. The molecule has 0 aromatic heterocycles. The van der Waals surface area contributed by atoms with E-state index in [0.717, 1.165) is 3.71 Å². The fourth-order valence-electron chi connectivity index (χ4n) is 0.803. The molecule has 0 atom stereocenters. The smallest absolute Gasteiger partial charge is 0.267 e. The van der Waals surface area contributed by atoms with Crippen molar-refractivity contribution in [3.63, 3.8) is 0 Å². The normalized spacial score (nSPS) is 9.00. The maximum atomic E-state index is 11.2. The summed E-state index contributed by atoms with van der Waals surface area (Å²) in [5, 5.41) is 8.50. The van der Waals surface area contributed by atoms with E-state index in [-0.39, 0.29) is 5.91 Å². The van der Waals surface area contributed by atoms with Crippen LogP contribution in [-0.2, 0) is 0 Å². The zero-order valence-corrected chi connectivity index (χ0v) is 8.30. The van der Waals surface area contributed by atoms with E-state index < -0.39 is 0 Å². The number of hydrogen-bond donors (Lipinski definition) is 2. The molecule has 0 saturated carbocycles. The average Bonchev–Trinajstić information content (AvgIpc) is 2.17. The van der Waals surface area contributed by atoms with E-state index in [1.54, 1.807) is 24.3 Å². The molecule has 0 heterocycles. The van der Waals surface area contributed by atoms with Gasteiger partial charge in [0.1, 0.15) is 0 Å². The molecule has 1 rings (SSSR count). The Hall–Kier alpha value is -1.12. The van der Waals surface area contributed by atoms with Crippen molar-refractivity contribution in [2.24, 2.45) is 0 Å². The van der Waals surface area contributed by atoms with E-state index in [1.807, 2.05) is 6.07 Å². The number of carbonyl (C=O) groups excluding carboxylic acids is 1. The third kappa shape index (κ3) is 2.41. The molecule has 1 aromatic carbocycles. The topological polar surface area (TPSA) is 44.1 Å². The minimum atomic E-state index is -0.323. The Bertz CT molecular complexity index is 353. The van der Waals surface area contributed by atoms with Crippen LogP contribution in [0.5, 0.6) is 0 Å². The summed E-state index contributed by atoms with van der Waals surface area (Å²) in [5.74, 6) is -0.323. The van der Waals surface area contributed by atoms with Gasteiger partial charge < -0.3 is 0 Å². The van der Waals surface area contributed by atoms with E-state index in [0.29, 0.717) is 11.1 Å². The van der Waals surface area contributed by atoms with Crippen LogP contribution >= 0.6 is 25.6 Å². The monoisotopic (exact) mass is 210 g/mol. The second-order valence-corrected chi connectivity index (χ2v) is 3.40. The number of rotatable bonds is 1. The predicted molar refractivity (Wildman–Crippen MR) is 55.3 cm³/mol. The van der Waals surface area contributed by atoms with Gasteiger partial charge >= 0.3 is 0 Å². The third-order valence-corrected chi connectivity index (χ3v) is 1.81. The molecule has 0 unspecified atom stereocenters. The Morgan fingerprint density at radius 2 is 1.85 bits per heavy atom. The molecule has 1 amide bonds. The zero-order valence-electron chi connectivity index (χ0n) is 6.51. The summed E-state index contributed by atoms with van der Waals surface area (Å²) < 4.78 is 0.890. The van der Waals surface area contributed by atoms with E-state index in [2.05, 4.69) is 25.6 Å². The Labute approximate surface area is 87.1 Å². The molecule has 0 aliphatic heterocycles. The molecule has 0 saturated heterocycles. The van der Waals surface area contributed by atoms with Crippen molar-refractivity contribution in [2.75, 3.05) is 0 Å². The Morgan fingerprint density at radius 1 is 1.31 bits per heavy atom. The van der Waals surface area contributed by atoms with Crippen LogP contribution in [0.4, 0.5) is 0 Å². The van der Waals surface area contributed by atoms with Gasteiger partial charge in [0.2, 0.25) is 0 Å². The van der Waals surface area contributed by atoms with Crippen molar-refractivity contribution in [1.29, 1.82) is 5.26 Å². The molecule has 13 heavy (non-hydrogen) atoms. The zero-order chi connectivity index (χ0) is 9.84. The van der Waals surface area contributed by atoms with Crippen molar-refractivity contribution >= 4 is 31.5 Å².